The number of carbonyl (C=O) groups is 2. The van der Waals surface area contributed by atoms with Crippen molar-refractivity contribution in [2.75, 3.05) is 0 Å². The van der Waals surface area contributed by atoms with Crippen LogP contribution in [-0.4, -0.2) is 16.3 Å². The molecule has 21 heavy (non-hydrogen) atoms. The highest BCUT2D eigenvalue weighted by Gasteiger charge is 2.42. The molecular formula is C14H11O6P. The molecule has 1 N–H and O–H groups in total. The Bertz CT molecular complexity index is 626. The van der Waals surface area contributed by atoms with E-state index >= 15 is 0 Å². The SMILES string of the molecule is O=C(Oc1ccccc1)P(=O)(O)C(=O)Oc1ccccc1. The van der Waals surface area contributed by atoms with E-state index in [9.17, 15) is 19.0 Å². The van der Waals surface area contributed by atoms with Crippen LogP contribution in [0.15, 0.2) is 60.7 Å². The summed E-state index contributed by atoms with van der Waals surface area (Å²) >= 11 is 0. The zero-order valence-corrected chi connectivity index (χ0v) is 11.6. The Morgan fingerprint density at radius 2 is 1.10 bits per heavy atom. The van der Waals surface area contributed by atoms with Gasteiger partial charge < -0.3 is 14.4 Å². The van der Waals surface area contributed by atoms with E-state index < -0.39 is 18.8 Å². The topological polar surface area (TPSA) is 89.9 Å². The first kappa shape index (κ1) is 15.0. The monoisotopic (exact) mass is 306 g/mol. The van der Waals surface area contributed by atoms with Crippen LogP contribution in [-0.2, 0) is 4.57 Å². The van der Waals surface area contributed by atoms with Crippen LogP contribution in [0.2, 0.25) is 0 Å². The Morgan fingerprint density at radius 3 is 1.43 bits per heavy atom. The minimum atomic E-state index is -4.93. The van der Waals surface area contributed by atoms with Crippen LogP contribution >= 0.6 is 7.37 Å². The van der Waals surface area contributed by atoms with Gasteiger partial charge in [0, 0.05) is 0 Å². The van der Waals surface area contributed by atoms with Gasteiger partial charge in [-0.3, -0.25) is 4.57 Å². The third-order valence-corrected chi connectivity index (χ3v) is 3.56. The predicted molar refractivity (Wildman–Crippen MR) is 74.8 cm³/mol. The Morgan fingerprint density at radius 1 is 0.762 bits per heavy atom. The normalized spacial score (nSPS) is 10.7. The second-order valence-corrected chi connectivity index (χ2v) is 5.82. The van der Waals surface area contributed by atoms with Crippen LogP contribution in [0.4, 0.5) is 9.59 Å². The lowest BCUT2D eigenvalue weighted by Crippen LogP contribution is -2.16. The van der Waals surface area contributed by atoms with Crippen molar-refractivity contribution in [3.63, 3.8) is 0 Å². The molecular weight excluding hydrogens is 295 g/mol. The average Bonchev–Trinajstić information content (AvgIpc) is 2.49. The average molecular weight is 306 g/mol. The smallest absolute Gasteiger partial charge is 0.411 e. The molecule has 0 fully saturated rings. The lowest BCUT2D eigenvalue weighted by Gasteiger charge is -2.10. The van der Waals surface area contributed by atoms with Gasteiger partial charge in [-0.05, 0) is 24.3 Å². The number of benzene rings is 2. The van der Waals surface area contributed by atoms with Crippen LogP contribution in [0.1, 0.15) is 0 Å². The molecule has 0 aliphatic carbocycles. The molecule has 108 valence electrons. The van der Waals surface area contributed by atoms with E-state index in [1.54, 1.807) is 36.4 Å². The summed E-state index contributed by atoms with van der Waals surface area (Å²) < 4.78 is 21.2. The van der Waals surface area contributed by atoms with Crippen LogP contribution in [0, 0.1) is 0 Å². The summed E-state index contributed by atoms with van der Waals surface area (Å²) in [6.45, 7) is 0. The molecule has 2 aromatic rings. The van der Waals surface area contributed by atoms with Crippen molar-refractivity contribution in [3.05, 3.63) is 60.7 Å². The number of rotatable bonds is 4. The van der Waals surface area contributed by atoms with Crippen molar-refractivity contribution < 1.29 is 28.5 Å². The molecule has 2 rings (SSSR count). The molecule has 0 aliphatic rings. The zero-order valence-electron chi connectivity index (χ0n) is 10.7. The van der Waals surface area contributed by atoms with Crippen LogP contribution in [0.5, 0.6) is 11.5 Å². The van der Waals surface area contributed by atoms with E-state index in [4.69, 9.17) is 0 Å². The largest absolute Gasteiger partial charge is 0.419 e. The van der Waals surface area contributed by atoms with Crippen LogP contribution in [0.3, 0.4) is 0 Å². The van der Waals surface area contributed by atoms with Gasteiger partial charge in [0.25, 0.3) is 0 Å². The first-order chi connectivity index (χ1) is 10.00. The fourth-order valence-corrected chi connectivity index (χ4v) is 1.98. The quantitative estimate of drug-likeness (QED) is 0.867. The molecule has 2 aromatic carbocycles. The summed E-state index contributed by atoms with van der Waals surface area (Å²) in [5.74, 6) is 0.119. The number of para-hydroxylation sites is 2. The maximum Gasteiger partial charge on any atom is 0.411 e. The lowest BCUT2D eigenvalue weighted by atomic mass is 10.3. The van der Waals surface area contributed by atoms with Gasteiger partial charge in [0.1, 0.15) is 11.5 Å². The van der Waals surface area contributed by atoms with Crippen molar-refractivity contribution in [2.24, 2.45) is 0 Å². The van der Waals surface area contributed by atoms with Gasteiger partial charge in [-0.25, -0.2) is 9.59 Å². The third-order valence-electron chi connectivity index (χ3n) is 2.39. The fourth-order valence-electron chi connectivity index (χ4n) is 1.38. The van der Waals surface area contributed by atoms with Crippen molar-refractivity contribution in [2.45, 2.75) is 0 Å². The Labute approximate surface area is 120 Å². The summed E-state index contributed by atoms with van der Waals surface area (Å²) in [7, 11) is -4.93. The highest BCUT2D eigenvalue weighted by atomic mass is 31.2. The van der Waals surface area contributed by atoms with Crippen molar-refractivity contribution >= 4 is 18.8 Å². The second kappa shape index (κ2) is 6.35. The van der Waals surface area contributed by atoms with Crippen molar-refractivity contribution in [3.8, 4) is 11.5 Å². The summed E-state index contributed by atoms with van der Waals surface area (Å²) in [4.78, 5) is 32.8. The van der Waals surface area contributed by atoms with E-state index in [1.165, 1.54) is 24.3 Å². The summed E-state index contributed by atoms with van der Waals surface area (Å²) in [6.07, 6.45) is 0. The summed E-state index contributed by atoms with van der Waals surface area (Å²) in [5.41, 5.74) is -3.09. The Hall–Kier alpha value is -2.43. The van der Waals surface area contributed by atoms with Gasteiger partial charge in [0.15, 0.2) is 0 Å². The van der Waals surface area contributed by atoms with Gasteiger partial charge in [0.05, 0.1) is 0 Å². The first-order valence-corrected chi connectivity index (χ1v) is 7.54. The minimum absolute atomic E-state index is 0.0595. The van der Waals surface area contributed by atoms with Crippen LogP contribution < -0.4 is 9.47 Å². The van der Waals surface area contributed by atoms with E-state index in [2.05, 4.69) is 9.47 Å². The number of hydrogen-bond donors (Lipinski definition) is 1. The highest BCUT2D eigenvalue weighted by Crippen LogP contribution is 2.45. The van der Waals surface area contributed by atoms with E-state index in [-0.39, 0.29) is 11.5 Å². The second-order valence-electron chi connectivity index (χ2n) is 3.94. The van der Waals surface area contributed by atoms with Gasteiger partial charge in [-0.1, -0.05) is 36.4 Å². The standard InChI is InChI=1S/C14H11O6P/c15-13(19-11-7-3-1-4-8-11)21(17,18)14(16)20-12-9-5-2-6-10-12/h1-10H,(H,17,18). The van der Waals surface area contributed by atoms with E-state index in [0.29, 0.717) is 0 Å². The van der Waals surface area contributed by atoms with E-state index in [1.807, 2.05) is 0 Å². The molecule has 0 radical (unpaired) electrons. The Balaban J connectivity index is 2.08. The molecule has 0 saturated carbocycles. The number of ether oxygens (including phenoxy) is 2. The molecule has 6 nitrogen and oxygen atoms in total. The van der Waals surface area contributed by atoms with Gasteiger partial charge in [-0.15, -0.1) is 0 Å². The molecule has 0 heterocycles. The minimum Gasteiger partial charge on any atom is -0.419 e. The molecule has 0 amide bonds. The lowest BCUT2D eigenvalue weighted by molar-refractivity contribution is 0.210. The maximum absolute atomic E-state index is 11.8. The third kappa shape index (κ3) is 3.78. The van der Waals surface area contributed by atoms with Crippen molar-refractivity contribution in [1.82, 2.24) is 0 Å². The van der Waals surface area contributed by atoms with Crippen molar-refractivity contribution in [1.29, 1.82) is 0 Å². The molecule has 0 atom stereocenters. The Kier molecular flexibility index (Phi) is 4.52. The zero-order chi connectivity index (χ0) is 15.3. The summed E-state index contributed by atoms with van der Waals surface area (Å²) in [6, 6.07) is 15.3. The molecule has 0 unspecified atom stereocenters. The van der Waals surface area contributed by atoms with Crippen LogP contribution in [0.25, 0.3) is 0 Å². The van der Waals surface area contributed by atoms with Gasteiger partial charge in [0.2, 0.25) is 0 Å². The summed E-state index contributed by atoms with van der Waals surface area (Å²) in [5, 5.41) is 0. The maximum atomic E-state index is 11.8. The molecule has 0 spiro atoms. The number of hydrogen-bond acceptors (Lipinski definition) is 5. The van der Waals surface area contributed by atoms with Gasteiger partial charge in [-0.2, -0.15) is 0 Å². The molecule has 7 heteroatoms. The molecule has 0 bridgehead atoms. The first-order valence-electron chi connectivity index (χ1n) is 5.88. The number of carbonyl (C=O) groups excluding carboxylic acids is 2. The van der Waals surface area contributed by atoms with E-state index in [0.717, 1.165) is 0 Å². The highest BCUT2D eigenvalue weighted by molar-refractivity contribution is 7.89. The molecule has 0 aromatic heterocycles. The molecule has 0 aliphatic heterocycles. The van der Waals surface area contributed by atoms with Gasteiger partial charge >= 0.3 is 18.8 Å². The fraction of sp³-hybridized carbons (Fsp3) is 0. The predicted octanol–water partition coefficient (Wildman–Crippen LogP) is 3.65. The molecule has 0 saturated heterocycles.